The van der Waals surface area contributed by atoms with Crippen molar-refractivity contribution in [2.75, 3.05) is 0 Å². The molecule has 2 heteroatoms. The van der Waals surface area contributed by atoms with Crippen molar-refractivity contribution in [3.63, 3.8) is 0 Å². The summed E-state index contributed by atoms with van der Waals surface area (Å²) in [5, 5.41) is 0.575. The van der Waals surface area contributed by atoms with Crippen molar-refractivity contribution in [1.82, 2.24) is 0 Å². The first-order valence-corrected chi connectivity index (χ1v) is 5.99. The number of rotatable bonds is 1. The Balaban J connectivity index is 2.36. The number of hydrogen-bond donors (Lipinski definition) is 1. The molecule has 2 rings (SSSR count). The third kappa shape index (κ3) is 1.57. The fourth-order valence-electron chi connectivity index (χ4n) is 1.87. The van der Waals surface area contributed by atoms with Crippen LogP contribution < -0.4 is 5.73 Å². The highest BCUT2D eigenvalue weighted by Gasteiger charge is 2.26. The molecule has 0 radical (unpaired) electrons. The number of fused-ring (bicyclic) bond motifs is 1. The largest absolute Gasteiger partial charge is 0.327 e. The summed E-state index contributed by atoms with van der Waals surface area (Å²) >= 11 is 1.96. The van der Waals surface area contributed by atoms with Crippen LogP contribution in [0.3, 0.4) is 0 Å². The van der Waals surface area contributed by atoms with E-state index >= 15 is 0 Å². The summed E-state index contributed by atoms with van der Waals surface area (Å²) in [7, 11) is 0. The van der Waals surface area contributed by atoms with Crippen molar-refractivity contribution >= 4 is 11.8 Å². The van der Waals surface area contributed by atoms with Crippen LogP contribution in [0.2, 0.25) is 0 Å². The molecular weight excluding hydrogens is 190 g/mol. The molecule has 0 aliphatic carbocycles. The van der Waals surface area contributed by atoms with Gasteiger partial charge in [-0.05, 0) is 43.9 Å². The lowest BCUT2D eigenvalue weighted by molar-refractivity contribution is 0.692. The van der Waals surface area contributed by atoms with Gasteiger partial charge in [0.15, 0.2) is 0 Å². The van der Waals surface area contributed by atoms with Crippen LogP contribution >= 0.6 is 11.8 Å². The van der Waals surface area contributed by atoms with Crippen molar-refractivity contribution in [2.24, 2.45) is 5.73 Å². The Hall–Kier alpha value is -0.470. The first-order chi connectivity index (χ1) is 6.59. The van der Waals surface area contributed by atoms with Gasteiger partial charge in [-0.15, -0.1) is 11.8 Å². The molecule has 0 amide bonds. The van der Waals surface area contributed by atoms with Crippen molar-refractivity contribution in [1.29, 1.82) is 0 Å². The van der Waals surface area contributed by atoms with E-state index in [2.05, 4.69) is 32.9 Å². The number of aryl methyl sites for hydroxylation is 1. The summed E-state index contributed by atoms with van der Waals surface area (Å²) in [5.41, 5.74) is 10.3. The van der Waals surface area contributed by atoms with Crippen LogP contribution in [0, 0.1) is 13.8 Å². The lowest BCUT2D eigenvalue weighted by Crippen LogP contribution is -2.28. The Morgan fingerprint density at radius 2 is 2.14 bits per heavy atom. The molecule has 2 N–H and O–H groups in total. The molecule has 1 nitrogen and oxygen atoms in total. The first-order valence-electron chi connectivity index (χ1n) is 5.11. The van der Waals surface area contributed by atoms with E-state index in [1.165, 1.54) is 21.6 Å². The second-order valence-corrected chi connectivity index (χ2v) is 5.46. The first kappa shape index (κ1) is 10.1. The van der Waals surface area contributed by atoms with Gasteiger partial charge in [-0.2, -0.15) is 0 Å². The van der Waals surface area contributed by atoms with E-state index in [0.29, 0.717) is 5.25 Å². The van der Waals surface area contributed by atoms with E-state index in [4.69, 9.17) is 5.73 Å². The minimum absolute atomic E-state index is 0.284. The van der Waals surface area contributed by atoms with E-state index in [-0.39, 0.29) is 6.04 Å². The van der Waals surface area contributed by atoms with Gasteiger partial charge in [0, 0.05) is 16.2 Å². The van der Waals surface area contributed by atoms with Gasteiger partial charge < -0.3 is 5.73 Å². The highest BCUT2D eigenvalue weighted by molar-refractivity contribution is 8.00. The Morgan fingerprint density at radius 3 is 2.79 bits per heavy atom. The molecule has 0 saturated carbocycles. The SMILES string of the molecule is Cc1ccc2c(c1C)SC(C(C)N)C2. The summed E-state index contributed by atoms with van der Waals surface area (Å²) in [6.07, 6.45) is 1.14. The fraction of sp³-hybridized carbons (Fsp3) is 0.500. The molecule has 2 atom stereocenters. The van der Waals surface area contributed by atoms with Crippen LogP contribution in [0.4, 0.5) is 0 Å². The van der Waals surface area contributed by atoms with Crippen molar-refractivity contribution in [2.45, 2.75) is 43.4 Å². The van der Waals surface area contributed by atoms with Gasteiger partial charge in [0.1, 0.15) is 0 Å². The Bertz CT molecular complexity index is 358. The Morgan fingerprint density at radius 1 is 1.43 bits per heavy atom. The molecule has 0 spiro atoms. The molecule has 1 aliphatic heterocycles. The Labute approximate surface area is 90.1 Å². The van der Waals surface area contributed by atoms with Crippen molar-refractivity contribution in [3.8, 4) is 0 Å². The zero-order valence-electron chi connectivity index (χ0n) is 9.00. The number of nitrogens with two attached hydrogens (primary N) is 1. The molecule has 76 valence electrons. The van der Waals surface area contributed by atoms with E-state index in [1.54, 1.807) is 0 Å². The van der Waals surface area contributed by atoms with Crippen LogP contribution in [0.5, 0.6) is 0 Å². The van der Waals surface area contributed by atoms with Gasteiger partial charge in [-0.1, -0.05) is 12.1 Å². The van der Waals surface area contributed by atoms with Crippen LogP contribution in [-0.4, -0.2) is 11.3 Å². The normalized spacial score (nSPS) is 22.1. The molecule has 1 aromatic rings. The second-order valence-electron chi connectivity index (χ2n) is 4.22. The summed E-state index contributed by atoms with van der Waals surface area (Å²) in [6.45, 7) is 6.49. The maximum atomic E-state index is 5.94. The Kier molecular flexibility index (Phi) is 2.58. The maximum absolute atomic E-state index is 5.94. The number of benzene rings is 1. The highest BCUT2D eigenvalue weighted by atomic mass is 32.2. The van der Waals surface area contributed by atoms with Gasteiger partial charge in [-0.3, -0.25) is 0 Å². The molecule has 2 unspecified atom stereocenters. The summed E-state index contributed by atoms with van der Waals surface area (Å²) in [6, 6.07) is 4.76. The third-order valence-corrected chi connectivity index (χ3v) is 4.74. The second kappa shape index (κ2) is 3.59. The lowest BCUT2D eigenvalue weighted by atomic mass is 10.0. The zero-order chi connectivity index (χ0) is 10.3. The summed E-state index contributed by atoms with van der Waals surface area (Å²) in [5.74, 6) is 0. The molecule has 1 heterocycles. The summed E-state index contributed by atoms with van der Waals surface area (Å²) in [4.78, 5) is 1.48. The molecule has 0 aromatic heterocycles. The monoisotopic (exact) mass is 207 g/mol. The van der Waals surface area contributed by atoms with Crippen LogP contribution in [0.1, 0.15) is 23.6 Å². The molecular formula is C12H17NS. The van der Waals surface area contributed by atoms with E-state index < -0.39 is 0 Å². The summed E-state index contributed by atoms with van der Waals surface area (Å²) < 4.78 is 0. The number of hydrogen-bond acceptors (Lipinski definition) is 2. The number of thioether (sulfide) groups is 1. The van der Waals surface area contributed by atoms with Gasteiger partial charge in [0.05, 0.1) is 0 Å². The van der Waals surface area contributed by atoms with Gasteiger partial charge >= 0.3 is 0 Å². The molecule has 0 saturated heterocycles. The maximum Gasteiger partial charge on any atom is 0.0284 e. The van der Waals surface area contributed by atoms with E-state index in [1.807, 2.05) is 11.8 Å². The standard InChI is InChI=1S/C12H17NS/c1-7-4-5-10-6-11(9(3)13)14-12(10)8(7)2/h4-5,9,11H,6,13H2,1-3H3. The average molecular weight is 207 g/mol. The van der Waals surface area contributed by atoms with Crippen LogP contribution in [0.25, 0.3) is 0 Å². The van der Waals surface area contributed by atoms with Crippen LogP contribution in [-0.2, 0) is 6.42 Å². The molecule has 1 aromatic carbocycles. The zero-order valence-corrected chi connectivity index (χ0v) is 9.82. The quantitative estimate of drug-likeness (QED) is 0.766. The van der Waals surface area contributed by atoms with E-state index in [9.17, 15) is 0 Å². The molecule has 14 heavy (non-hydrogen) atoms. The van der Waals surface area contributed by atoms with Crippen LogP contribution in [0.15, 0.2) is 17.0 Å². The van der Waals surface area contributed by atoms with Crippen molar-refractivity contribution in [3.05, 3.63) is 28.8 Å². The lowest BCUT2D eigenvalue weighted by Gasteiger charge is -2.12. The topological polar surface area (TPSA) is 26.0 Å². The molecule has 0 bridgehead atoms. The average Bonchev–Trinajstić information content (AvgIpc) is 2.56. The molecule has 0 fully saturated rings. The van der Waals surface area contributed by atoms with Gasteiger partial charge in [0.2, 0.25) is 0 Å². The third-order valence-electron chi connectivity index (χ3n) is 3.04. The van der Waals surface area contributed by atoms with Crippen molar-refractivity contribution < 1.29 is 0 Å². The molecule has 1 aliphatic rings. The van der Waals surface area contributed by atoms with E-state index in [0.717, 1.165) is 6.42 Å². The fourth-order valence-corrected chi connectivity index (χ4v) is 3.29. The highest BCUT2D eigenvalue weighted by Crippen LogP contribution is 2.41. The minimum Gasteiger partial charge on any atom is -0.327 e. The predicted octanol–water partition coefficient (Wildman–Crippen LogP) is 2.67. The van der Waals surface area contributed by atoms with Gasteiger partial charge in [-0.25, -0.2) is 0 Å². The minimum atomic E-state index is 0.284. The predicted molar refractivity (Wildman–Crippen MR) is 62.9 cm³/mol. The smallest absolute Gasteiger partial charge is 0.0284 e. The van der Waals surface area contributed by atoms with Gasteiger partial charge in [0.25, 0.3) is 0 Å².